The molecule has 0 spiro atoms. The molecule has 0 aromatic heterocycles. The molecule has 0 aromatic rings. The Labute approximate surface area is 147 Å². The topological polar surface area (TPSA) is 55.4 Å². The van der Waals surface area contributed by atoms with E-state index in [1.165, 1.54) is 39.5 Å². The molecule has 0 aliphatic rings. The number of hydrogen-bond donors (Lipinski definition) is 1. The smallest absolute Gasteiger partial charge is 0.302 e. The Morgan fingerprint density at radius 2 is 1.58 bits per heavy atom. The number of unbranched alkanes of at least 4 members (excludes halogenated alkanes) is 6. The minimum atomic E-state index is -0.302. The third-order valence-corrected chi connectivity index (χ3v) is 3.86. The number of ether oxygens (including phenoxy) is 1. The molecule has 4 nitrogen and oxygen atoms in total. The molecule has 1 amide bonds. The molecule has 0 unspecified atom stereocenters. The molecular weight excluding hydrogens is 302 g/mol. The molecule has 0 aliphatic carbocycles. The van der Waals surface area contributed by atoms with Gasteiger partial charge in [0.05, 0.1) is 6.04 Å². The molecule has 0 saturated carbocycles. The maximum atomic E-state index is 11.2. The van der Waals surface area contributed by atoms with Gasteiger partial charge in [-0.05, 0) is 51.9 Å². The van der Waals surface area contributed by atoms with Crippen LogP contribution in [0.2, 0.25) is 0 Å². The first-order valence-corrected chi connectivity index (χ1v) is 9.17. The highest BCUT2D eigenvalue weighted by Crippen LogP contribution is 2.11. The lowest BCUT2D eigenvalue weighted by Crippen LogP contribution is -2.42. The number of rotatable bonds is 14. The van der Waals surface area contributed by atoms with Gasteiger partial charge in [-0.3, -0.25) is 9.59 Å². The Balaban J connectivity index is 3.85. The monoisotopic (exact) mass is 337 g/mol. The first kappa shape index (κ1) is 22.4. The third kappa shape index (κ3) is 14.0. The van der Waals surface area contributed by atoms with Crippen LogP contribution in [0.4, 0.5) is 0 Å². The molecule has 2 atom stereocenters. The van der Waals surface area contributed by atoms with Crippen molar-refractivity contribution in [3.63, 3.8) is 0 Å². The van der Waals surface area contributed by atoms with E-state index in [0.717, 1.165) is 32.1 Å². The minimum Gasteiger partial charge on any atom is -0.460 e. The van der Waals surface area contributed by atoms with Crippen LogP contribution in [0, 0.1) is 0 Å². The lowest BCUT2D eigenvalue weighted by molar-refractivity contribution is -0.148. The predicted octanol–water partition coefficient (Wildman–Crippen LogP) is 4.70. The molecule has 0 aliphatic heterocycles. The second kappa shape index (κ2) is 15.0. The Morgan fingerprint density at radius 1 is 1.00 bits per heavy atom. The second-order valence-electron chi connectivity index (χ2n) is 6.32. The normalized spacial score (nSPS) is 13.5. The van der Waals surface area contributed by atoms with Crippen molar-refractivity contribution in [1.82, 2.24) is 5.32 Å². The SMILES string of the molecule is C=CCCCCCC/C=C\CCC[C@@H](OC(C)=O)[C@H](C)NC(C)=O. The van der Waals surface area contributed by atoms with E-state index < -0.39 is 0 Å². The molecule has 138 valence electrons. The number of amides is 1. The van der Waals surface area contributed by atoms with Crippen LogP contribution in [0.5, 0.6) is 0 Å². The fraction of sp³-hybridized carbons (Fsp3) is 0.700. The number of carbonyl (C=O) groups is 2. The third-order valence-electron chi connectivity index (χ3n) is 3.86. The molecule has 0 fully saturated rings. The number of allylic oxidation sites excluding steroid dienone is 3. The van der Waals surface area contributed by atoms with Gasteiger partial charge in [-0.2, -0.15) is 0 Å². The van der Waals surface area contributed by atoms with E-state index in [1.54, 1.807) is 0 Å². The zero-order chi connectivity index (χ0) is 18.2. The minimum absolute atomic E-state index is 0.104. The zero-order valence-electron chi connectivity index (χ0n) is 15.7. The molecule has 24 heavy (non-hydrogen) atoms. The molecule has 0 saturated heterocycles. The second-order valence-corrected chi connectivity index (χ2v) is 6.32. The maximum absolute atomic E-state index is 11.2. The van der Waals surface area contributed by atoms with Crippen LogP contribution in [0.25, 0.3) is 0 Å². The summed E-state index contributed by atoms with van der Waals surface area (Å²) >= 11 is 0. The number of carbonyl (C=O) groups excluding carboxylic acids is 2. The van der Waals surface area contributed by atoms with E-state index in [2.05, 4.69) is 24.0 Å². The van der Waals surface area contributed by atoms with Crippen molar-refractivity contribution in [3.05, 3.63) is 24.8 Å². The van der Waals surface area contributed by atoms with Crippen LogP contribution in [0.3, 0.4) is 0 Å². The van der Waals surface area contributed by atoms with Gasteiger partial charge in [-0.25, -0.2) is 0 Å². The van der Waals surface area contributed by atoms with E-state index >= 15 is 0 Å². The van der Waals surface area contributed by atoms with Gasteiger partial charge in [-0.1, -0.05) is 31.1 Å². The molecule has 0 aromatic carbocycles. The predicted molar refractivity (Wildman–Crippen MR) is 99.7 cm³/mol. The number of hydrogen-bond acceptors (Lipinski definition) is 3. The van der Waals surface area contributed by atoms with Crippen molar-refractivity contribution < 1.29 is 14.3 Å². The summed E-state index contributed by atoms with van der Waals surface area (Å²) in [5.41, 5.74) is 0. The van der Waals surface area contributed by atoms with Crippen molar-refractivity contribution in [1.29, 1.82) is 0 Å². The summed E-state index contributed by atoms with van der Waals surface area (Å²) in [6.07, 6.45) is 16.1. The van der Waals surface area contributed by atoms with Crippen molar-refractivity contribution in [2.24, 2.45) is 0 Å². The van der Waals surface area contributed by atoms with Crippen LogP contribution < -0.4 is 5.32 Å². The van der Waals surface area contributed by atoms with E-state index in [1.807, 2.05) is 13.0 Å². The largest absolute Gasteiger partial charge is 0.460 e. The quantitative estimate of drug-likeness (QED) is 0.284. The number of esters is 1. The van der Waals surface area contributed by atoms with Gasteiger partial charge in [0.1, 0.15) is 6.10 Å². The van der Waals surface area contributed by atoms with Crippen LogP contribution in [-0.4, -0.2) is 24.0 Å². The van der Waals surface area contributed by atoms with Crippen LogP contribution in [0.1, 0.15) is 78.6 Å². The fourth-order valence-corrected chi connectivity index (χ4v) is 2.61. The number of nitrogens with one attached hydrogen (secondary N) is 1. The Kier molecular flexibility index (Phi) is 14.0. The van der Waals surface area contributed by atoms with Crippen molar-refractivity contribution in [2.45, 2.75) is 90.7 Å². The van der Waals surface area contributed by atoms with E-state index in [4.69, 9.17) is 4.74 Å². The summed E-state index contributed by atoms with van der Waals surface area (Å²) < 4.78 is 5.32. The summed E-state index contributed by atoms with van der Waals surface area (Å²) in [6.45, 7) is 8.48. The van der Waals surface area contributed by atoms with Gasteiger partial charge in [0.2, 0.25) is 5.91 Å². The molecule has 4 heteroatoms. The van der Waals surface area contributed by atoms with E-state index in [9.17, 15) is 9.59 Å². The molecule has 0 rings (SSSR count). The molecular formula is C20H35NO3. The Bertz CT molecular complexity index is 390. The highest BCUT2D eigenvalue weighted by Gasteiger charge is 2.20. The highest BCUT2D eigenvalue weighted by atomic mass is 16.5. The van der Waals surface area contributed by atoms with Crippen molar-refractivity contribution in [3.8, 4) is 0 Å². The molecule has 0 heterocycles. The summed E-state index contributed by atoms with van der Waals surface area (Å²) in [6, 6.07) is -0.161. The van der Waals surface area contributed by atoms with Crippen molar-refractivity contribution in [2.75, 3.05) is 0 Å². The molecule has 0 bridgehead atoms. The lowest BCUT2D eigenvalue weighted by Gasteiger charge is -2.24. The van der Waals surface area contributed by atoms with E-state index in [0.29, 0.717) is 0 Å². The summed E-state index contributed by atoms with van der Waals surface area (Å²) in [5, 5.41) is 2.80. The summed E-state index contributed by atoms with van der Waals surface area (Å²) in [5.74, 6) is -0.406. The van der Waals surface area contributed by atoms with Gasteiger partial charge in [-0.15, -0.1) is 6.58 Å². The summed E-state index contributed by atoms with van der Waals surface area (Å²) in [4.78, 5) is 22.3. The fourth-order valence-electron chi connectivity index (χ4n) is 2.61. The zero-order valence-corrected chi connectivity index (χ0v) is 15.7. The first-order valence-electron chi connectivity index (χ1n) is 9.17. The van der Waals surface area contributed by atoms with Crippen LogP contribution in [-0.2, 0) is 14.3 Å². The van der Waals surface area contributed by atoms with Gasteiger partial charge < -0.3 is 10.1 Å². The Morgan fingerprint density at radius 3 is 2.12 bits per heavy atom. The average Bonchev–Trinajstić information content (AvgIpc) is 2.50. The van der Waals surface area contributed by atoms with Gasteiger partial charge in [0.15, 0.2) is 0 Å². The highest BCUT2D eigenvalue weighted by molar-refractivity contribution is 5.73. The van der Waals surface area contributed by atoms with Gasteiger partial charge >= 0.3 is 5.97 Å². The maximum Gasteiger partial charge on any atom is 0.302 e. The van der Waals surface area contributed by atoms with E-state index in [-0.39, 0.29) is 24.0 Å². The summed E-state index contributed by atoms with van der Waals surface area (Å²) in [7, 11) is 0. The van der Waals surface area contributed by atoms with Gasteiger partial charge in [0.25, 0.3) is 0 Å². The average molecular weight is 338 g/mol. The lowest BCUT2D eigenvalue weighted by atomic mass is 10.0. The molecule has 0 radical (unpaired) electrons. The van der Waals surface area contributed by atoms with Crippen LogP contribution in [0.15, 0.2) is 24.8 Å². The standard InChI is InChI=1S/C20H35NO3/c1-5-6-7-8-9-10-11-12-13-14-15-16-20(24-19(4)23)17(2)21-18(3)22/h5,12-13,17,20H,1,6-11,14-16H2,2-4H3,(H,21,22)/b13-12-/t17-,20+/m0/s1. The van der Waals surface area contributed by atoms with Crippen molar-refractivity contribution >= 4 is 11.9 Å². The first-order chi connectivity index (χ1) is 11.5. The van der Waals surface area contributed by atoms with Crippen LogP contribution >= 0.6 is 0 Å². The molecule has 1 N–H and O–H groups in total. The Hall–Kier alpha value is -1.58. The van der Waals surface area contributed by atoms with Gasteiger partial charge in [0, 0.05) is 13.8 Å².